The molecule has 2 N–H and O–H groups in total. The Morgan fingerprint density at radius 2 is 1.84 bits per heavy atom. The van der Waals surface area contributed by atoms with Crippen molar-refractivity contribution in [2.24, 2.45) is 0 Å². The summed E-state index contributed by atoms with van der Waals surface area (Å²) in [7, 11) is 1.73. The lowest BCUT2D eigenvalue weighted by atomic mass is 9.97. The maximum atomic E-state index is 9.48. The third-order valence-corrected chi connectivity index (χ3v) is 3.90. The van der Waals surface area contributed by atoms with Gasteiger partial charge in [0.2, 0.25) is 0 Å². The fourth-order valence-corrected chi connectivity index (χ4v) is 2.00. The molecule has 4 heteroatoms. The van der Waals surface area contributed by atoms with E-state index >= 15 is 0 Å². The third-order valence-electron chi connectivity index (χ3n) is 3.90. The summed E-state index contributed by atoms with van der Waals surface area (Å²) in [5, 5.41) is 13.0. The Bertz CT molecular complexity index is 254. The fourth-order valence-electron chi connectivity index (χ4n) is 2.00. The van der Waals surface area contributed by atoms with E-state index in [-0.39, 0.29) is 17.7 Å². The van der Waals surface area contributed by atoms with Crippen LogP contribution in [0.3, 0.4) is 0 Å². The Kier molecular flexibility index (Phi) is 6.74. The van der Waals surface area contributed by atoms with Crippen molar-refractivity contribution < 1.29 is 14.6 Å². The van der Waals surface area contributed by atoms with Crippen LogP contribution in [0.15, 0.2) is 0 Å². The first-order chi connectivity index (χ1) is 8.91. The van der Waals surface area contributed by atoms with Crippen LogP contribution in [0.4, 0.5) is 0 Å². The molecule has 1 unspecified atom stereocenters. The van der Waals surface area contributed by atoms with Crippen LogP contribution >= 0.6 is 0 Å². The smallest absolute Gasteiger partial charge is 0.0644 e. The Hall–Kier alpha value is -0.160. The molecule has 4 nitrogen and oxygen atoms in total. The second kappa shape index (κ2) is 7.58. The van der Waals surface area contributed by atoms with E-state index in [0.29, 0.717) is 6.04 Å². The molecule has 1 aliphatic rings. The molecule has 0 saturated heterocycles. The Morgan fingerprint density at radius 1 is 1.16 bits per heavy atom. The molecule has 1 saturated carbocycles. The standard InChI is InChI=1S/C15H31NO3/c1-14(2,18-4)9-11-19-10-5-8-15(3,12-17)16-13-6-7-13/h13,16-17H,5-12H2,1-4H3. The first kappa shape index (κ1) is 16.9. The monoisotopic (exact) mass is 273 g/mol. The lowest BCUT2D eigenvalue weighted by Crippen LogP contribution is -2.47. The van der Waals surface area contributed by atoms with Gasteiger partial charge >= 0.3 is 0 Å². The van der Waals surface area contributed by atoms with Crippen LogP contribution in [0, 0.1) is 0 Å². The number of hydrogen-bond donors (Lipinski definition) is 2. The molecule has 0 radical (unpaired) electrons. The van der Waals surface area contributed by atoms with Crippen molar-refractivity contribution in [3.05, 3.63) is 0 Å². The number of aliphatic hydroxyl groups excluding tert-OH is 1. The van der Waals surface area contributed by atoms with E-state index in [1.807, 2.05) is 0 Å². The molecule has 0 aromatic heterocycles. The van der Waals surface area contributed by atoms with E-state index < -0.39 is 0 Å². The Balaban J connectivity index is 2.05. The first-order valence-electron chi connectivity index (χ1n) is 7.42. The van der Waals surface area contributed by atoms with Gasteiger partial charge < -0.3 is 19.9 Å². The van der Waals surface area contributed by atoms with E-state index in [0.717, 1.165) is 32.5 Å². The lowest BCUT2D eigenvalue weighted by molar-refractivity contribution is -0.0108. The number of rotatable bonds is 11. The topological polar surface area (TPSA) is 50.7 Å². The van der Waals surface area contributed by atoms with Gasteiger partial charge in [0.1, 0.15) is 0 Å². The van der Waals surface area contributed by atoms with E-state index in [4.69, 9.17) is 9.47 Å². The fraction of sp³-hybridized carbons (Fsp3) is 1.00. The van der Waals surface area contributed by atoms with Crippen molar-refractivity contribution in [3.8, 4) is 0 Å². The summed E-state index contributed by atoms with van der Waals surface area (Å²) in [6, 6.07) is 0.626. The normalized spacial score (nSPS) is 19.4. The molecule has 0 spiro atoms. The molecule has 1 rings (SSSR count). The van der Waals surface area contributed by atoms with Crippen molar-refractivity contribution in [2.45, 2.75) is 70.1 Å². The molecule has 1 fully saturated rings. The molecule has 114 valence electrons. The predicted molar refractivity (Wildman–Crippen MR) is 77.4 cm³/mol. The van der Waals surface area contributed by atoms with Gasteiger partial charge in [0.05, 0.1) is 12.2 Å². The van der Waals surface area contributed by atoms with E-state index in [9.17, 15) is 5.11 Å². The van der Waals surface area contributed by atoms with Crippen molar-refractivity contribution in [1.82, 2.24) is 5.32 Å². The SMILES string of the molecule is COC(C)(C)CCOCCCC(C)(CO)NC1CC1. The average molecular weight is 273 g/mol. The predicted octanol–water partition coefficient (Wildman–Crippen LogP) is 2.10. The maximum Gasteiger partial charge on any atom is 0.0644 e. The molecular weight excluding hydrogens is 242 g/mol. The number of aliphatic hydroxyl groups is 1. The first-order valence-corrected chi connectivity index (χ1v) is 7.42. The van der Waals surface area contributed by atoms with Crippen LogP contribution in [0.1, 0.15) is 52.9 Å². The minimum atomic E-state index is -0.143. The van der Waals surface area contributed by atoms with Gasteiger partial charge in [-0.1, -0.05) is 0 Å². The van der Waals surface area contributed by atoms with Gasteiger partial charge in [0.25, 0.3) is 0 Å². The van der Waals surface area contributed by atoms with Crippen LogP contribution in [-0.2, 0) is 9.47 Å². The van der Waals surface area contributed by atoms with Crippen LogP contribution < -0.4 is 5.32 Å². The van der Waals surface area contributed by atoms with Crippen LogP contribution in [0.5, 0.6) is 0 Å². The van der Waals surface area contributed by atoms with Crippen molar-refractivity contribution in [3.63, 3.8) is 0 Å². The quantitative estimate of drug-likeness (QED) is 0.566. The molecule has 0 aromatic carbocycles. The highest BCUT2D eigenvalue weighted by molar-refractivity contribution is 4.92. The second-order valence-electron chi connectivity index (χ2n) is 6.57. The van der Waals surface area contributed by atoms with Gasteiger partial charge in [-0.05, 0) is 52.9 Å². The molecule has 0 heterocycles. The number of methoxy groups -OCH3 is 1. The molecule has 1 atom stereocenters. The van der Waals surface area contributed by atoms with Crippen molar-refractivity contribution in [2.75, 3.05) is 26.9 Å². The zero-order valence-electron chi connectivity index (χ0n) is 13.0. The van der Waals surface area contributed by atoms with Gasteiger partial charge in [0.15, 0.2) is 0 Å². The van der Waals surface area contributed by atoms with Crippen LogP contribution in [-0.4, -0.2) is 49.2 Å². The van der Waals surface area contributed by atoms with Gasteiger partial charge in [0, 0.05) is 31.9 Å². The van der Waals surface area contributed by atoms with Crippen LogP contribution in [0.2, 0.25) is 0 Å². The molecule has 19 heavy (non-hydrogen) atoms. The average Bonchev–Trinajstić information content (AvgIpc) is 3.17. The summed E-state index contributed by atoms with van der Waals surface area (Å²) < 4.78 is 11.0. The summed E-state index contributed by atoms with van der Waals surface area (Å²) >= 11 is 0. The summed E-state index contributed by atoms with van der Waals surface area (Å²) in [6.07, 6.45) is 5.33. The minimum Gasteiger partial charge on any atom is -0.394 e. The van der Waals surface area contributed by atoms with Gasteiger partial charge in [-0.15, -0.1) is 0 Å². The maximum absolute atomic E-state index is 9.48. The van der Waals surface area contributed by atoms with E-state index in [1.165, 1.54) is 12.8 Å². The summed E-state index contributed by atoms with van der Waals surface area (Å²) in [4.78, 5) is 0. The zero-order valence-corrected chi connectivity index (χ0v) is 13.0. The lowest BCUT2D eigenvalue weighted by Gasteiger charge is -2.29. The highest BCUT2D eigenvalue weighted by Gasteiger charge is 2.31. The van der Waals surface area contributed by atoms with Gasteiger partial charge in [-0.25, -0.2) is 0 Å². The molecule has 0 aromatic rings. The van der Waals surface area contributed by atoms with E-state index in [1.54, 1.807) is 7.11 Å². The summed E-state index contributed by atoms with van der Waals surface area (Å²) in [5.41, 5.74) is -0.247. The Morgan fingerprint density at radius 3 is 2.37 bits per heavy atom. The molecule has 0 amide bonds. The summed E-state index contributed by atoms with van der Waals surface area (Å²) in [6.45, 7) is 7.91. The molecule has 0 aliphatic heterocycles. The third kappa shape index (κ3) is 7.25. The van der Waals surface area contributed by atoms with E-state index in [2.05, 4.69) is 26.1 Å². The van der Waals surface area contributed by atoms with Crippen LogP contribution in [0.25, 0.3) is 0 Å². The largest absolute Gasteiger partial charge is 0.394 e. The van der Waals surface area contributed by atoms with Gasteiger partial charge in [-0.2, -0.15) is 0 Å². The van der Waals surface area contributed by atoms with Crippen molar-refractivity contribution in [1.29, 1.82) is 0 Å². The highest BCUT2D eigenvalue weighted by atomic mass is 16.5. The number of nitrogens with one attached hydrogen (secondary N) is 1. The highest BCUT2D eigenvalue weighted by Crippen LogP contribution is 2.24. The number of ether oxygens (including phenoxy) is 2. The second-order valence-corrected chi connectivity index (χ2v) is 6.57. The molecule has 0 bridgehead atoms. The zero-order chi connectivity index (χ0) is 14.4. The minimum absolute atomic E-state index is 0.104. The summed E-state index contributed by atoms with van der Waals surface area (Å²) in [5.74, 6) is 0. The molecule has 1 aliphatic carbocycles. The Labute approximate surface area is 117 Å². The molecular formula is C15H31NO3. The van der Waals surface area contributed by atoms with Crippen molar-refractivity contribution >= 4 is 0 Å². The number of hydrogen-bond acceptors (Lipinski definition) is 4. The van der Waals surface area contributed by atoms with Gasteiger partial charge in [-0.3, -0.25) is 0 Å².